The normalized spacial score (nSPS) is 10.8. The summed E-state index contributed by atoms with van der Waals surface area (Å²) in [6, 6.07) is 13.8. The molecule has 0 fully saturated rings. The number of hydrogen-bond acceptors (Lipinski definition) is 4. The van der Waals surface area contributed by atoms with Gasteiger partial charge in [-0.1, -0.05) is 30.3 Å². The zero-order valence-corrected chi connectivity index (χ0v) is 16.9. The van der Waals surface area contributed by atoms with E-state index >= 15 is 0 Å². The molecule has 4 rings (SSSR count). The third kappa shape index (κ3) is 4.81. The maximum atomic E-state index is 12.3. The van der Waals surface area contributed by atoms with Crippen LogP contribution >= 0.6 is 0 Å². The standard InChI is InChI=1S/C23H24N6O/c1-29-16-19(15-27-29)18-13-21-22(26-14-18)20(10-12-24-21)28-23(30)25-11-6-5-9-17-7-3-2-4-8-17/h2-4,7-8,10,12-16H,5-6,9,11H2,1H3,(H2,24,25,28,30). The molecule has 4 aromatic rings. The number of carbonyl (C=O) groups excluding carboxylic acids is 1. The van der Waals surface area contributed by atoms with E-state index in [0.717, 1.165) is 35.9 Å². The van der Waals surface area contributed by atoms with E-state index in [9.17, 15) is 4.79 Å². The molecule has 7 heteroatoms. The predicted molar refractivity (Wildman–Crippen MR) is 118 cm³/mol. The van der Waals surface area contributed by atoms with E-state index < -0.39 is 0 Å². The zero-order valence-electron chi connectivity index (χ0n) is 16.9. The van der Waals surface area contributed by atoms with E-state index in [2.05, 4.69) is 37.8 Å². The molecule has 2 N–H and O–H groups in total. The lowest BCUT2D eigenvalue weighted by Gasteiger charge is -2.10. The predicted octanol–water partition coefficient (Wildman–Crippen LogP) is 4.17. The van der Waals surface area contributed by atoms with Crippen molar-refractivity contribution in [1.29, 1.82) is 0 Å². The number of unbranched alkanes of at least 4 members (excludes halogenated alkanes) is 1. The first kappa shape index (κ1) is 19.6. The molecule has 0 aliphatic heterocycles. The van der Waals surface area contributed by atoms with Crippen LogP contribution in [0, 0.1) is 0 Å². The largest absolute Gasteiger partial charge is 0.338 e. The summed E-state index contributed by atoms with van der Waals surface area (Å²) >= 11 is 0. The monoisotopic (exact) mass is 400 g/mol. The topological polar surface area (TPSA) is 84.7 Å². The molecule has 3 aromatic heterocycles. The fraction of sp³-hybridized carbons (Fsp3) is 0.217. The average Bonchev–Trinajstić information content (AvgIpc) is 3.20. The van der Waals surface area contributed by atoms with E-state index in [1.807, 2.05) is 37.5 Å². The number of aryl methyl sites for hydroxylation is 2. The Morgan fingerprint density at radius 2 is 1.90 bits per heavy atom. The number of urea groups is 1. The molecule has 1 aromatic carbocycles. The summed E-state index contributed by atoms with van der Waals surface area (Å²) < 4.78 is 1.75. The van der Waals surface area contributed by atoms with Crippen LogP contribution in [0.2, 0.25) is 0 Å². The number of hydrogen-bond donors (Lipinski definition) is 2. The quantitative estimate of drug-likeness (QED) is 0.456. The molecule has 0 radical (unpaired) electrons. The molecule has 0 unspecified atom stereocenters. The Labute approximate surface area is 175 Å². The van der Waals surface area contributed by atoms with Gasteiger partial charge >= 0.3 is 6.03 Å². The van der Waals surface area contributed by atoms with E-state index in [4.69, 9.17) is 0 Å². The summed E-state index contributed by atoms with van der Waals surface area (Å²) in [5.41, 5.74) is 5.24. The summed E-state index contributed by atoms with van der Waals surface area (Å²) in [6.45, 7) is 0.625. The van der Waals surface area contributed by atoms with Crippen molar-refractivity contribution in [2.24, 2.45) is 7.05 Å². The summed E-state index contributed by atoms with van der Waals surface area (Å²) in [4.78, 5) is 21.2. The van der Waals surface area contributed by atoms with Crippen LogP contribution in [0.5, 0.6) is 0 Å². The highest BCUT2D eigenvalue weighted by atomic mass is 16.2. The van der Waals surface area contributed by atoms with Crippen molar-refractivity contribution in [3.63, 3.8) is 0 Å². The molecule has 0 spiro atoms. The van der Waals surface area contributed by atoms with Crippen molar-refractivity contribution >= 4 is 22.8 Å². The molecule has 0 atom stereocenters. The van der Waals surface area contributed by atoms with Gasteiger partial charge in [-0.3, -0.25) is 14.6 Å². The Bertz CT molecular complexity index is 1140. The summed E-state index contributed by atoms with van der Waals surface area (Å²) in [5.74, 6) is 0. The molecule has 0 saturated carbocycles. The van der Waals surface area contributed by atoms with Gasteiger partial charge in [-0.15, -0.1) is 0 Å². The van der Waals surface area contributed by atoms with Crippen LogP contribution in [0.25, 0.3) is 22.2 Å². The highest BCUT2D eigenvalue weighted by Crippen LogP contribution is 2.24. The Morgan fingerprint density at radius 1 is 1.03 bits per heavy atom. The Balaban J connectivity index is 1.33. The van der Waals surface area contributed by atoms with Gasteiger partial charge < -0.3 is 10.6 Å². The van der Waals surface area contributed by atoms with Gasteiger partial charge in [0.2, 0.25) is 0 Å². The van der Waals surface area contributed by atoms with Crippen LogP contribution in [0.1, 0.15) is 18.4 Å². The third-order valence-electron chi connectivity index (χ3n) is 4.88. The number of benzene rings is 1. The number of rotatable bonds is 7. The van der Waals surface area contributed by atoms with Gasteiger partial charge in [-0.25, -0.2) is 4.79 Å². The van der Waals surface area contributed by atoms with Gasteiger partial charge in [0.05, 0.1) is 17.4 Å². The first-order chi connectivity index (χ1) is 14.7. The summed E-state index contributed by atoms with van der Waals surface area (Å²) in [5, 5.41) is 9.99. The van der Waals surface area contributed by atoms with Gasteiger partial charge in [0.1, 0.15) is 5.52 Å². The molecule has 152 valence electrons. The van der Waals surface area contributed by atoms with Crippen LogP contribution < -0.4 is 10.6 Å². The maximum Gasteiger partial charge on any atom is 0.319 e. The van der Waals surface area contributed by atoms with Gasteiger partial charge in [-0.2, -0.15) is 5.10 Å². The molecule has 0 aliphatic rings. The van der Waals surface area contributed by atoms with Crippen molar-refractivity contribution < 1.29 is 4.79 Å². The molecule has 30 heavy (non-hydrogen) atoms. The third-order valence-corrected chi connectivity index (χ3v) is 4.88. The second kappa shape index (κ2) is 9.17. The zero-order chi connectivity index (χ0) is 20.8. The van der Waals surface area contributed by atoms with Gasteiger partial charge in [0.15, 0.2) is 0 Å². The number of carbonyl (C=O) groups is 1. The summed E-state index contributed by atoms with van der Waals surface area (Å²) in [6.07, 6.45) is 10.1. The van der Waals surface area contributed by atoms with Crippen LogP contribution in [0.15, 0.2) is 67.3 Å². The Kier molecular flexibility index (Phi) is 5.98. The van der Waals surface area contributed by atoms with Crippen molar-refractivity contribution in [3.05, 3.63) is 72.8 Å². The van der Waals surface area contributed by atoms with Crippen LogP contribution in [-0.4, -0.2) is 32.3 Å². The van der Waals surface area contributed by atoms with Gasteiger partial charge in [0, 0.05) is 43.3 Å². The number of pyridine rings is 2. The smallest absolute Gasteiger partial charge is 0.319 e. The lowest BCUT2D eigenvalue weighted by Crippen LogP contribution is -2.29. The Morgan fingerprint density at radius 3 is 2.70 bits per heavy atom. The first-order valence-corrected chi connectivity index (χ1v) is 10.0. The number of aromatic nitrogens is 4. The number of nitrogens with zero attached hydrogens (tertiary/aromatic N) is 4. The maximum absolute atomic E-state index is 12.3. The minimum Gasteiger partial charge on any atom is -0.338 e. The molecule has 2 amide bonds. The van der Waals surface area contributed by atoms with Crippen molar-refractivity contribution in [1.82, 2.24) is 25.1 Å². The molecule has 3 heterocycles. The van der Waals surface area contributed by atoms with Gasteiger partial charge in [-0.05, 0) is 37.0 Å². The number of anilines is 1. The SMILES string of the molecule is Cn1cc(-c2cnc3c(NC(=O)NCCCCc4ccccc4)ccnc3c2)cn1. The number of amides is 2. The van der Waals surface area contributed by atoms with Crippen molar-refractivity contribution in [2.45, 2.75) is 19.3 Å². The minimum atomic E-state index is -0.236. The second-order valence-electron chi connectivity index (χ2n) is 7.18. The van der Waals surface area contributed by atoms with E-state index in [1.165, 1.54) is 5.56 Å². The molecule has 0 bridgehead atoms. The van der Waals surface area contributed by atoms with E-state index in [-0.39, 0.29) is 6.03 Å². The second-order valence-corrected chi connectivity index (χ2v) is 7.18. The minimum absolute atomic E-state index is 0.236. The van der Waals surface area contributed by atoms with Crippen LogP contribution in [0.3, 0.4) is 0 Å². The fourth-order valence-corrected chi connectivity index (χ4v) is 3.33. The van der Waals surface area contributed by atoms with Crippen molar-refractivity contribution in [2.75, 3.05) is 11.9 Å². The van der Waals surface area contributed by atoms with Gasteiger partial charge in [0.25, 0.3) is 0 Å². The van der Waals surface area contributed by atoms with Crippen molar-refractivity contribution in [3.8, 4) is 11.1 Å². The molecule has 0 saturated heterocycles. The fourth-order valence-electron chi connectivity index (χ4n) is 3.33. The molecule has 7 nitrogen and oxygen atoms in total. The summed E-state index contributed by atoms with van der Waals surface area (Å²) in [7, 11) is 1.87. The highest BCUT2D eigenvalue weighted by Gasteiger charge is 2.09. The Hall–Kier alpha value is -3.74. The van der Waals surface area contributed by atoms with Crippen LogP contribution in [-0.2, 0) is 13.5 Å². The number of fused-ring (bicyclic) bond motifs is 1. The lowest BCUT2D eigenvalue weighted by atomic mass is 10.1. The highest BCUT2D eigenvalue weighted by molar-refractivity contribution is 5.98. The number of nitrogens with one attached hydrogen (secondary N) is 2. The molecular formula is C23H24N6O. The van der Waals surface area contributed by atoms with Crippen LogP contribution in [0.4, 0.5) is 10.5 Å². The first-order valence-electron chi connectivity index (χ1n) is 10.0. The average molecular weight is 400 g/mol. The molecule has 0 aliphatic carbocycles. The van der Waals surface area contributed by atoms with E-state index in [0.29, 0.717) is 17.7 Å². The van der Waals surface area contributed by atoms with E-state index in [1.54, 1.807) is 29.3 Å². The lowest BCUT2D eigenvalue weighted by molar-refractivity contribution is 0.252. The molecular weight excluding hydrogens is 376 g/mol.